The third-order valence-electron chi connectivity index (χ3n) is 3.84. The van der Waals surface area contributed by atoms with Gasteiger partial charge in [0.2, 0.25) is 0 Å². The molecule has 1 aromatic carbocycles. The van der Waals surface area contributed by atoms with E-state index in [2.05, 4.69) is 43.0 Å². The number of pyridine rings is 1. The summed E-state index contributed by atoms with van der Waals surface area (Å²) in [5, 5.41) is 1.29. The number of benzene rings is 1. The summed E-state index contributed by atoms with van der Waals surface area (Å²) < 4.78 is 0. The minimum Gasteiger partial charge on any atom is -0.357 e. The molecule has 0 atom stereocenters. The van der Waals surface area contributed by atoms with E-state index in [1.807, 2.05) is 0 Å². The molecule has 0 aliphatic carbocycles. The van der Waals surface area contributed by atoms with Crippen molar-refractivity contribution in [2.45, 2.75) is 33.1 Å². The van der Waals surface area contributed by atoms with Gasteiger partial charge in [-0.15, -0.1) is 0 Å². The summed E-state index contributed by atoms with van der Waals surface area (Å²) in [4.78, 5) is 7.25. The number of hydrogen-bond acceptors (Lipinski definition) is 2. The van der Waals surface area contributed by atoms with E-state index in [-0.39, 0.29) is 0 Å². The molecular formula is C16H20N2. The number of piperidine rings is 1. The fraction of sp³-hybridized carbons (Fsp3) is 0.438. The Morgan fingerprint density at radius 1 is 1.00 bits per heavy atom. The normalized spacial score (nSPS) is 16.2. The lowest BCUT2D eigenvalue weighted by molar-refractivity contribution is 0.574. The zero-order chi connectivity index (χ0) is 12.5. The van der Waals surface area contributed by atoms with E-state index in [4.69, 9.17) is 4.98 Å². The number of aromatic nitrogens is 1. The van der Waals surface area contributed by atoms with Crippen molar-refractivity contribution < 1.29 is 0 Å². The van der Waals surface area contributed by atoms with Gasteiger partial charge in [0.25, 0.3) is 0 Å². The second kappa shape index (κ2) is 4.60. The van der Waals surface area contributed by atoms with Crippen LogP contribution >= 0.6 is 0 Å². The van der Waals surface area contributed by atoms with Gasteiger partial charge in [-0.1, -0.05) is 11.6 Å². The molecule has 1 aromatic heterocycles. The highest BCUT2D eigenvalue weighted by Crippen LogP contribution is 2.25. The molecule has 2 nitrogen and oxygen atoms in total. The topological polar surface area (TPSA) is 16.1 Å². The lowest BCUT2D eigenvalue weighted by Gasteiger charge is -2.28. The van der Waals surface area contributed by atoms with Crippen LogP contribution in [0.25, 0.3) is 10.9 Å². The highest BCUT2D eigenvalue weighted by atomic mass is 15.2. The molecule has 0 unspecified atom stereocenters. The van der Waals surface area contributed by atoms with Crippen LogP contribution in [0.2, 0.25) is 0 Å². The van der Waals surface area contributed by atoms with Gasteiger partial charge >= 0.3 is 0 Å². The Morgan fingerprint density at radius 2 is 1.78 bits per heavy atom. The summed E-state index contributed by atoms with van der Waals surface area (Å²) in [5.41, 5.74) is 3.77. The molecule has 3 rings (SSSR count). The average Bonchev–Trinajstić information content (AvgIpc) is 2.40. The van der Waals surface area contributed by atoms with Crippen molar-refractivity contribution in [3.8, 4) is 0 Å². The second-order valence-electron chi connectivity index (χ2n) is 5.37. The Morgan fingerprint density at radius 3 is 2.56 bits per heavy atom. The van der Waals surface area contributed by atoms with Crippen molar-refractivity contribution in [1.82, 2.24) is 4.98 Å². The highest BCUT2D eigenvalue weighted by molar-refractivity contribution is 5.84. The zero-order valence-corrected chi connectivity index (χ0v) is 11.2. The van der Waals surface area contributed by atoms with Gasteiger partial charge in [-0.05, 0) is 56.9 Å². The number of hydrogen-bond donors (Lipinski definition) is 0. The third-order valence-corrected chi connectivity index (χ3v) is 3.84. The standard InChI is InChI=1S/C16H20N2/c1-12-6-7-15-14(10-12)13(2)11-16(17-15)18-8-4-3-5-9-18/h6-7,10-11H,3-5,8-9H2,1-2H3. The van der Waals surface area contributed by atoms with E-state index in [0.29, 0.717) is 0 Å². The van der Waals surface area contributed by atoms with Gasteiger partial charge < -0.3 is 4.90 Å². The van der Waals surface area contributed by atoms with E-state index in [1.54, 1.807) is 0 Å². The van der Waals surface area contributed by atoms with Crippen LogP contribution in [0.3, 0.4) is 0 Å². The number of aryl methyl sites for hydroxylation is 2. The van der Waals surface area contributed by atoms with Crippen molar-refractivity contribution in [2.24, 2.45) is 0 Å². The second-order valence-corrected chi connectivity index (χ2v) is 5.37. The molecule has 18 heavy (non-hydrogen) atoms. The molecule has 0 radical (unpaired) electrons. The molecular weight excluding hydrogens is 220 g/mol. The molecule has 0 saturated carbocycles. The monoisotopic (exact) mass is 240 g/mol. The summed E-state index contributed by atoms with van der Waals surface area (Å²) in [7, 11) is 0. The van der Waals surface area contributed by atoms with Crippen LogP contribution in [0, 0.1) is 13.8 Å². The van der Waals surface area contributed by atoms with Crippen LogP contribution in [-0.2, 0) is 0 Å². The molecule has 2 heterocycles. The van der Waals surface area contributed by atoms with Gasteiger partial charge in [0.15, 0.2) is 0 Å². The van der Waals surface area contributed by atoms with Crippen LogP contribution < -0.4 is 4.90 Å². The van der Waals surface area contributed by atoms with Gasteiger partial charge in [-0.2, -0.15) is 0 Å². The van der Waals surface area contributed by atoms with E-state index in [0.717, 1.165) is 24.4 Å². The smallest absolute Gasteiger partial charge is 0.129 e. The van der Waals surface area contributed by atoms with Gasteiger partial charge in [-0.25, -0.2) is 4.98 Å². The van der Waals surface area contributed by atoms with Crippen LogP contribution in [-0.4, -0.2) is 18.1 Å². The lowest BCUT2D eigenvalue weighted by atomic mass is 10.1. The maximum atomic E-state index is 4.83. The van der Waals surface area contributed by atoms with E-state index in [1.165, 1.54) is 35.8 Å². The first-order valence-corrected chi connectivity index (χ1v) is 6.87. The molecule has 0 N–H and O–H groups in total. The Balaban J connectivity index is 2.06. The van der Waals surface area contributed by atoms with Crippen LogP contribution in [0.1, 0.15) is 30.4 Å². The van der Waals surface area contributed by atoms with E-state index >= 15 is 0 Å². The lowest BCUT2D eigenvalue weighted by Crippen LogP contribution is -2.30. The molecule has 1 aliphatic rings. The molecule has 0 spiro atoms. The average molecular weight is 240 g/mol. The van der Waals surface area contributed by atoms with Gasteiger partial charge in [0, 0.05) is 18.5 Å². The Labute approximate surface area is 109 Å². The minimum atomic E-state index is 1.13. The third kappa shape index (κ3) is 2.07. The highest BCUT2D eigenvalue weighted by Gasteiger charge is 2.13. The molecule has 0 amide bonds. The number of anilines is 1. The van der Waals surface area contributed by atoms with Crippen LogP contribution in [0.5, 0.6) is 0 Å². The molecule has 1 aliphatic heterocycles. The summed E-state index contributed by atoms with van der Waals surface area (Å²) in [6.07, 6.45) is 3.96. The number of nitrogens with zero attached hydrogens (tertiary/aromatic N) is 2. The van der Waals surface area contributed by atoms with Crippen LogP contribution in [0.15, 0.2) is 24.3 Å². The Kier molecular flexibility index (Phi) is 2.94. The maximum Gasteiger partial charge on any atom is 0.129 e. The largest absolute Gasteiger partial charge is 0.357 e. The maximum absolute atomic E-state index is 4.83. The van der Waals surface area contributed by atoms with E-state index < -0.39 is 0 Å². The van der Waals surface area contributed by atoms with Crippen molar-refractivity contribution in [3.05, 3.63) is 35.4 Å². The van der Waals surface area contributed by atoms with Gasteiger partial charge in [0.1, 0.15) is 5.82 Å². The first-order valence-electron chi connectivity index (χ1n) is 6.87. The predicted molar refractivity (Wildman–Crippen MR) is 77.3 cm³/mol. The van der Waals surface area contributed by atoms with Crippen molar-refractivity contribution in [3.63, 3.8) is 0 Å². The zero-order valence-electron chi connectivity index (χ0n) is 11.2. The number of rotatable bonds is 1. The SMILES string of the molecule is Cc1ccc2nc(N3CCCCC3)cc(C)c2c1. The minimum absolute atomic E-state index is 1.13. The Bertz CT molecular complexity index is 569. The first kappa shape index (κ1) is 11.5. The van der Waals surface area contributed by atoms with Gasteiger partial charge in [0.05, 0.1) is 5.52 Å². The van der Waals surface area contributed by atoms with Gasteiger partial charge in [-0.3, -0.25) is 0 Å². The predicted octanol–water partition coefficient (Wildman–Crippen LogP) is 3.84. The molecule has 2 aromatic rings. The summed E-state index contributed by atoms with van der Waals surface area (Å²) in [6.45, 7) is 6.64. The Hall–Kier alpha value is -1.57. The molecule has 1 fully saturated rings. The summed E-state index contributed by atoms with van der Waals surface area (Å²) >= 11 is 0. The fourth-order valence-corrected chi connectivity index (χ4v) is 2.78. The summed E-state index contributed by atoms with van der Waals surface area (Å²) in [6, 6.07) is 8.77. The molecule has 2 heteroatoms. The molecule has 94 valence electrons. The van der Waals surface area contributed by atoms with Crippen molar-refractivity contribution in [1.29, 1.82) is 0 Å². The van der Waals surface area contributed by atoms with Crippen molar-refractivity contribution in [2.75, 3.05) is 18.0 Å². The summed E-state index contributed by atoms with van der Waals surface area (Å²) in [5.74, 6) is 1.16. The van der Waals surface area contributed by atoms with E-state index in [9.17, 15) is 0 Å². The number of fused-ring (bicyclic) bond motifs is 1. The van der Waals surface area contributed by atoms with Crippen LogP contribution in [0.4, 0.5) is 5.82 Å². The van der Waals surface area contributed by atoms with Crippen molar-refractivity contribution >= 4 is 16.7 Å². The fourth-order valence-electron chi connectivity index (χ4n) is 2.78. The quantitative estimate of drug-likeness (QED) is 0.753. The first-order chi connectivity index (χ1) is 8.74. The molecule has 1 saturated heterocycles. The molecule has 0 bridgehead atoms.